The van der Waals surface area contributed by atoms with E-state index in [1.54, 1.807) is 0 Å². The first-order valence-corrected chi connectivity index (χ1v) is 16.2. The van der Waals surface area contributed by atoms with Crippen LogP contribution in [0.1, 0.15) is 117 Å². The van der Waals surface area contributed by atoms with Gasteiger partial charge < -0.3 is 10.6 Å². The molecule has 9 heteroatoms. The summed E-state index contributed by atoms with van der Waals surface area (Å²) in [6, 6.07) is 1.57. The SMILES string of the molecule is C=C(C)/C=C\C=C/CC.CC.CCCC[C@@H](C)CNC1CCC(C(=O)NCc2cc(C(F)(F)F)cc(C(F)(F)F)c2)(C(C)C)C1. The van der Waals surface area contributed by atoms with Gasteiger partial charge in [0.05, 0.1) is 16.5 Å². The van der Waals surface area contributed by atoms with Crippen molar-refractivity contribution < 1.29 is 31.1 Å². The highest BCUT2D eigenvalue weighted by molar-refractivity contribution is 5.83. The molecule has 1 aromatic carbocycles. The molecule has 0 aromatic heterocycles. The van der Waals surface area contributed by atoms with Crippen molar-refractivity contribution in [1.29, 1.82) is 0 Å². The van der Waals surface area contributed by atoms with E-state index in [1.165, 1.54) is 0 Å². The normalized spacial score (nSPS) is 19.2. The van der Waals surface area contributed by atoms with Gasteiger partial charge in [-0.2, -0.15) is 26.3 Å². The van der Waals surface area contributed by atoms with Crippen LogP contribution in [0, 0.1) is 17.3 Å². The molecule has 1 amide bonds. The van der Waals surface area contributed by atoms with E-state index >= 15 is 0 Å². The Hall–Kier alpha value is -2.55. The maximum atomic E-state index is 13.2. The summed E-state index contributed by atoms with van der Waals surface area (Å²) in [4.78, 5) is 13.2. The lowest BCUT2D eigenvalue weighted by Gasteiger charge is -2.32. The highest BCUT2D eigenvalue weighted by Gasteiger charge is 2.47. The third-order valence-electron chi connectivity index (χ3n) is 7.88. The predicted octanol–water partition coefficient (Wildman–Crippen LogP) is 11.1. The van der Waals surface area contributed by atoms with Crippen LogP contribution in [0.2, 0.25) is 0 Å². The molecule has 0 radical (unpaired) electrons. The maximum Gasteiger partial charge on any atom is 0.416 e. The number of allylic oxidation sites excluding steroid dienone is 5. The molecule has 1 aromatic rings. The van der Waals surface area contributed by atoms with Crippen LogP contribution in [0.5, 0.6) is 0 Å². The lowest BCUT2D eigenvalue weighted by atomic mass is 9.74. The van der Waals surface area contributed by atoms with Crippen LogP contribution >= 0.6 is 0 Å². The smallest absolute Gasteiger partial charge is 0.352 e. The molecule has 0 saturated heterocycles. The van der Waals surface area contributed by atoms with Crippen LogP contribution in [0.3, 0.4) is 0 Å². The van der Waals surface area contributed by atoms with Crippen molar-refractivity contribution in [2.75, 3.05) is 6.54 Å². The van der Waals surface area contributed by atoms with E-state index in [-0.39, 0.29) is 29.5 Å². The first kappa shape index (κ1) is 42.5. The summed E-state index contributed by atoms with van der Waals surface area (Å²) >= 11 is 0. The molecule has 1 fully saturated rings. The monoisotopic (exact) mass is 646 g/mol. The number of unbranched alkanes of at least 4 members (excludes halogenated alkanes) is 1. The largest absolute Gasteiger partial charge is 0.416 e. The molecule has 1 saturated carbocycles. The number of rotatable bonds is 13. The van der Waals surface area contributed by atoms with Gasteiger partial charge in [0.25, 0.3) is 0 Å². The van der Waals surface area contributed by atoms with E-state index in [0.29, 0.717) is 30.9 Å². The molecular formula is C36H56F6N2O. The number of carbonyl (C=O) groups excluding carboxylic acids is 1. The van der Waals surface area contributed by atoms with Crippen LogP contribution in [0.4, 0.5) is 26.3 Å². The van der Waals surface area contributed by atoms with Gasteiger partial charge in [0.2, 0.25) is 5.91 Å². The van der Waals surface area contributed by atoms with Gasteiger partial charge in [-0.25, -0.2) is 0 Å². The van der Waals surface area contributed by atoms with Crippen LogP contribution in [-0.4, -0.2) is 18.5 Å². The first-order valence-electron chi connectivity index (χ1n) is 16.2. The van der Waals surface area contributed by atoms with Gasteiger partial charge in [-0.05, 0) is 81.2 Å². The fraction of sp³-hybridized carbons (Fsp3) is 0.639. The molecule has 0 bridgehead atoms. The van der Waals surface area contributed by atoms with Gasteiger partial charge in [-0.15, -0.1) is 0 Å². The minimum atomic E-state index is -4.92. The average molecular weight is 647 g/mol. The van der Waals surface area contributed by atoms with Crippen LogP contribution in [0.25, 0.3) is 0 Å². The third-order valence-corrected chi connectivity index (χ3v) is 7.88. The zero-order chi connectivity index (χ0) is 34.8. The Kier molecular flexibility index (Phi) is 19.4. The predicted molar refractivity (Wildman–Crippen MR) is 175 cm³/mol. The zero-order valence-electron chi connectivity index (χ0n) is 28.5. The lowest BCUT2D eigenvalue weighted by molar-refractivity contribution is -0.143. The van der Waals surface area contributed by atoms with Gasteiger partial charge in [0, 0.05) is 12.6 Å². The second kappa shape index (κ2) is 20.5. The summed E-state index contributed by atoms with van der Waals surface area (Å²) in [6.07, 6.45) is 4.85. The number of alkyl halides is 6. The zero-order valence-corrected chi connectivity index (χ0v) is 28.5. The topological polar surface area (TPSA) is 41.1 Å². The molecule has 2 N–H and O–H groups in total. The summed E-state index contributed by atoms with van der Waals surface area (Å²) in [6.45, 7) is 20.5. The molecule has 0 aliphatic heterocycles. The van der Waals surface area contributed by atoms with E-state index in [0.717, 1.165) is 44.2 Å². The third kappa shape index (κ3) is 15.5. The quantitative estimate of drug-likeness (QED) is 0.165. The number of nitrogens with one attached hydrogen (secondary N) is 2. The number of amides is 1. The Balaban J connectivity index is 0.00000151. The number of carbonyl (C=O) groups is 1. The van der Waals surface area contributed by atoms with E-state index in [1.807, 2.05) is 52.8 Å². The molecular weight excluding hydrogens is 590 g/mol. The minimum Gasteiger partial charge on any atom is -0.352 e. The second-order valence-corrected chi connectivity index (χ2v) is 12.0. The van der Waals surface area contributed by atoms with E-state index in [4.69, 9.17) is 0 Å². The van der Waals surface area contributed by atoms with Gasteiger partial charge in [0.15, 0.2) is 0 Å². The molecule has 3 atom stereocenters. The number of benzene rings is 1. The van der Waals surface area contributed by atoms with Gasteiger partial charge in [-0.1, -0.05) is 97.8 Å². The summed E-state index contributed by atoms with van der Waals surface area (Å²) in [5.74, 6) is 0.174. The van der Waals surface area contributed by atoms with Crippen molar-refractivity contribution >= 4 is 5.91 Å². The van der Waals surface area contributed by atoms with Crippen molar-refractivity contribution in [3.05, 3.63) is 71.3 Å². The number of hydrogen-bond acceptors (Lipinski definition) is 2. The number of hydrogen-bond donors (Lipinski definition) is 2. The maximum absolute atomic E-state index is 13.2. The van der Waals surface area contributed by atoms with Crippen LogP contribution in [-0.2, 0) is 23.7 Å². The summed E-state index contributed by atoms with van der Waals surface area (Å²) in [5, 5.41) is 6.18. The Bertz CT molecular complexity index is 1040. The average Bonchev–Trinajstić information content (AvgIpc) is 3.42. The summed E-state index contributed by atoms with van der Waals surface area (Å²) in [5.41, 5.74) is -2.61. The molecule has 0 heterocycles. The fourth-order valence-corrected chi connectivity index (χ4v) is 5.18. The molecule has 2 rings (SSSR count). The fourth-order valence-electron chi connectivity index (χ4n) is 5.18. The molecule has 1 aliphatic carbocycles. The standard InChI is InChI=1S/C25H36F6N2O.C9H14.C2H6/c1-5-6-7-17(4)14-32-21-8-9-23(13-21,16(2)3)22(34)33-15-18-10-19(24(26,27)28)12-20(11-18)25(29,30)31;1-4-5-6-7-8-9(2)3;1-2/h10-12,16-17,21,32H,5-9,13-15H2,1-4H3,(H,33,34);5-8H,2,4H2,1,3H3;1-2H3/b;6-5-,8-7-;/t17-,21?,23?;;/m1../s1. The van der Waals surface area contributed by atoms with Crippen LogP contribution in [0.15, 0.2) is 54.7 Å². The molecule has 3 nitrogen and oxygen atoms in total. The highest BCUT2D eigenvalue weighted by Crippen LogP contribution is 2.45. The molecule has 0 spiro atoms. The molecule has 1 aliphatic rings. The minimum absolute atomic E-state index is 0.0240. The highest BCUT2D eigenvalue weighted by atomic mass is 19.4. The van der Waals surface area contributed by atoms with Crippen LogP contribution < -0.4 is 10.6 Å². The van der Waals surface area contributed by atoms with Gasteiger partial charge in [-0.3, -0.25) is 4.79 Å². The first-order chi connectivity index (χ1) is 21.0. The Morgan fingerprint density at radius 2 is 1.60 bits per heavy atom. The Labute approximate surface area is 268 Å². The van der Waals surface area contributed by atoms with Gasteiger partial charge >= 0.3 is 12.4 Å². The van der Waals surface area contributed by atoms with Gasteiger partial charge in [0.1, 0.15) is 0 Å². The van der Waals surface area contributed by atoms with Crippen molar-refractivity contribution in [1.82, 2.24) is 10.6 Å². The van der Waals surface area contributed by atoms with E-state index < -0.39 is 35.4 Å². The molecule has 2 unspecified atom stereocenters. The second-order valence-electron chi connectivity index (χ2n) is 12.0. The Morgan fingerprint density at radius 3 is 2.07 bits per heavy atom. The van der Waals surface area contributed by atoms with Crippen molar-refractivity contribution in [3.8, 4) is 0 Å². The molecule has 258 valence electrons. The molecule has 45 heavy (non-hydrogen) atoms. The lowest BCUT2D eigenvalue weighted by Crippen LogP contribution is -2.44. The van der Waals surface area contributed by atoms with Crippen molar-refractivity contribution in [3.63, 3.8) is 0 Å². The Morgan fingerprint density at radius 1 is 1.02 bits per heavy atom. The number of halogens is 6. The summed E-state index contributed by atoms with van der Waals surface area (Å²) < 4.78 is 78.8. The van der Waals surface area contributed by atoms with Crippen molar-refractivity contribution in [2.45, 2.75) is 125 Å². The van der Waals surface area contributed by atoms with Crippen molar-refractivity contribution in [2.24, 2.45) is 17.3 Å². The van der Waals surface area contributed by atoms with E-state index in [2.05, 4.69) is 44.1 Å². The van der Waals surface area contributed by atoms with E-state index in [9.17, 15) is 31.1 Å². The summed E-state index contributed by atoms with van der Waals surface area (Å²) in [7, 11) is 0.